The Kier molecular flexibility index (Phi) is 7.99. The first-order chi connectivity index (χ1) is 17.9. The number of hydrogen-bond donors (Lipinski definition) is 2. The predicted molar refractivity (Wildman–Crippen MR) is 146 cm³/mol. The number of benzene rings is 2. The Labute approximate surface area is 222 Å². The minimum atomic E-state index is -0.191. The van der Waals surface area contributed by atoms with Gasteiger partial charge in [-0.3, -0.25) is 4.90 Å². The summed E-state index contributed by atoms with van der Waals surface area (Å²) in [6.07, 6.45) is 2.11. The summed E-state index contributed by atoms with van der Waals surface area (Å²) in [7, 11) is 11.7. The Bertz CT molecular complexity index is 1210. The maximum absolute atomic E-state index is 5.64. The molecule has 0 amide bonds. The van der Waals surface area contributed by atoms with E-state index in [0.29, 0.717) is 39.6 Å². The summed E-state index contributed by atoms with van der Waals surface area (Å²) in [5.74, 6) is 3.46. The standard InChI is InChI=1S/C27H33N3O6S/c1-30-13-17(8-15-9-19(31-2)25(35-6)20(10-15)32-3)24-18(14-30)23(28-27(37)29-24)16-11-21(33-4)26(36-7)22(12-16)34-5/h8-12,23H,13-14H2,1-7H3,(H2,28,29,37)/b17-8+. The van der Waals surface area contributed by atoms with Gasteiger partial charge in [-0.1, -0.05) is 0 Å². The largest absolute Gasteiger partial charge is 0.493 e. The van der Waals surface area contributed by atoms with E-state index < -0.39 is 0 Å². The molecule has 0 bridgehead atoms. The molecule has 0 spiro atoms. The molecule has 2 N–H and O–H groups in total. The highest BCUT2D eigenvalue weighted by molar-refractivity contribution is 7.80. The van der Waals surface area contributed by atoms with Gasteiger partial charge in [0.2, 0.25) is 11.5 Å². The zero-order valence-electron chi connectivity index (χ0n) is 22.2. The second-order valence-electron chi connectivity index (χ2n) is 8.69. The molecular weight excluding hydrogens is 494 g/mol. The third-order valence-electron chi connectivity index (χ3n) is 6.43. The van der Waals surface area contributed by atoms with Crippen molar-refractivity contribution in [3.8, 4) is 34.5 Å². The molecule has 9 nitrogen and oxygen atoms in total. The van der Waals surface area contributed by atoms with Crippen molar-refractivity contribution in [2.75, 3.05) is 62.8 Å². The highest BCUT2D eigenvalue weighted by Gasteiger charge is 2.33. The summed E-state index contributed by atoms with van der Waals surface area (Å²) >= 11 is 5.64. The highest BCUT2D eigenvalue weighted by Crippen LogP contribution is 2.43. The predicted octanol–water partition coefficient (Wildman–Crippen LogP) is 3.54. The molecule has 0 fully saturated rings. The van der Waals surface area contributed by atoms with E-state index in [1.165, 1.54) is 0 Å². The lowest BCUT2D eigenvalue weighted by molar-refractivity contribution is 0.323. The van der Waals surface area contributed by atoms with Crippen LogP contribution in [0.15, 0.2) is 41.1 Å². The summed E-state index contributed by atoms with van der Waals surface area (Å²) in [5, 5.41) is 7.37. The van der Waals surface area contributed by atoms with Gasteiger partial charge in [-0.15, -0.1) is 0 Å². The van der Waals surface area contributed by atoms with Crippen LogP contribution in [-0.4, -0.2) is 72.8 Å². The van der Waals surface area contributed by atoms with Crippen LogP contribution in [0.5, 0.6) is 34.5 Å². The lowest BCUT2D eigenvalue weighted by Gasteiger charge is -2.39. The average molecular weight is 528 g/mol. The number of likely N-dealkylation sites (N-methyl/N-ethyl adjacent to an activating group) is 1. The van der Waals surface area contributed by atoms with Gasteiger partial charge in [-0.25, -0.2) is 0 Å². The van der Waals surface area contributed by atoms with Gasteiger partial charge < -0.3 is 39.1 Å². The van der Waals surface area contributed by atoms with Crippen LogP contribution in [0.3, 0.4) is 0 Å². The lowest BCUT2D eigenvalue weighted by atomic mass is 9.89. The Morgan fingerprint density at radius 1 is 0.784 bits per heavy atom. The first-order valence-electron chi connectivity index (χ1n) is 11.7. The number of thiocarbonyl (C=S) groups is 1. The molecule has 1 atom stereocenters. The average Bonchev–Trinajstić information content (AvgIpc) is 2.91. The fourth-order valence-corrected chi connectivity index (χ4v) is 5.04. The summed E-state index contributed by atoms with van der Waals surface area (Å²) in [6.45, 7) is 1.47. The first kappa shape index (κ1) is 26.4. The summed E-state index contributed by atoms with van der Waals surface area (Å²) in [5.41, 5.74) is 5.10. The third kappa shape index (κ3) is 5.12. The quantitative estimate of drug-likeness (QED) is 0.498. The highest BCUT2D eigenvalue weighted by atomic mass is 32.1. The number of hydrogen-bond acceptors (Lipinski definition) is 8. The molecule has 2 aromatic carbocycles. The molecule has 10 heteroatoms. The Hall–Kier alpha value is -3.63. The van der Waals surface area contributed by atoms with E-state index in [1.54, 1.807) is 42.7 Å². The van der Waals surface area contributed by atoms with Crippen molar-refractivity contribution in [3.63, 3.8) is 0 Å². The van der Waals surface area contributed by atoms with Gasteiger partial charge in [0.15, 0.2) is 28.1 Å². The molecule has 0 radical (unpaired) electrons. The number of nitrogens with one attached hydrogen (secondary N) is 2. The number of ether oxygens (including phenoxy) is 6. The smallest absolute Gasteiger partial charge is 0.203 e. The van der Waals surface area contributed by atoms with E-state index in [4.69, 9.17) is 40.6 Å². The van der Waals surface area contributed by atoms with Crippen LogP contribution >= 0.6 is 12.2 Å². The summed E-state index contributed by atoms with van der Waals surface area (Å²) < 4.78 is 33.3. The molecule has 0 saturated carbocycles. The van der Waals surface area contributed by atoms with Crippen molar-refractivity contribution in [2.24, 2.45) is 0 Å². The molecule has 1 unspecified atom stereocenters. The van der Waals surface area contributed by atoms with Crippen molar-refractivity contribution in [3.05, 3.63) is 52.2 Å². The Balaban J connectivity index is 1.85. The maximum Gasteiger partial charge on any atom is 0.203 e. The van der Waals surface area contributed by atoms with Crippen molar-refractivity contribution in [2.45, 2.75) is 6.04 Å². The second-order valence-corrected chi connectivity index (χ2v) is 9.10. The van der Waals surface area contributed by atoms with Crippen molar-refractivity contribution in [1.29, 1.82) is 0 Å². The monoisotopic (exact) mass is 527 g/mol. The van der Waals surface area contributed by atoms with Gasteiger partial charge in [0.25, 0.3) is 0 Å². The topological polar surface area (TPSA) is 82.7 Å². The van der Waals surface area contributed by atoms with Gasteiger partial charge in [-0.2, -0.15) is 0 Å². The minimum absolute atomic E-state index is 0.191. The first-order valence-corrected chi connectivity index (χ1v) is 12.1. The molecule has 2 heterocycles. The fourth-order valence-electron chi connectivity index (χ4n) is 4.82. The van der Waals surface area contributed by atoms with Crippen molar-refractivity contribution >= 4 is 23.4 Å². The summed E-state index contributed by atoms with van der Waals surface area (Å²) in [6, 6.07) is 7.57. The molecule has 198 valence electrons. The Morgan fingerprint density at radius 2 is 1.30 bits per heavy atom. The SMILES string of the molecule is COc1cc(/C=C2\CN(C)CC3=C2NC(=S)NC3c2cc(OC)c(OC)c(OC)c2)cc(OC)c1OC. The van der Waals surface area contributed by atoms with Gasteiger partial charge >= 0.3 is 0 Å². The number of methoxy groups -OCH3 is 6. The third-order valence-corrected chi connectivity index (χ3v) is 6.65. The molecule has 0 saturated heterocycles. The van der Waals surface area contributed by atoms with Crippen LogP contribution in [0.2, 0.25) is 0 Å². The normalized spacial score (nSPS) is 18.5. The molecule has 2 aromatic rings. The van der Waals surface area contributed by atoms with Gasteiger partial charge in [0.1, 0.15) is 0 Å². The maximum atomic E-state index is 5.64. The van der Waals surface area contributed by atoms with Crippen LogP contribution in [-0.2, 0) is 0 Å². The van der Waals surface area contributed by atoms with E-state index in [0.717, 1.165) is 41.1 Å². The number of nitrogens with zero attached hydrogens (tertiary/aromatic N) is 1. The van der Waals surface area contributed by atoms with Gasteiger partial charge in [0, 0.05) is 18.8 Å². The second kappa shape index (κ2) is 11.2. The van der Waals surface area contributed by atoms with E-state index in [2.05, 4.69) is 28.7 Å². The van der Waals surface area contributed by atoms with Crippen LogP contribution in [0.1, 0.15) is 17.2 Å². The van der Waals surface area contributed by atoms with Crippen LogP contribution in [0, 0.1) is 0 Å². The fraction of sp³-hybridized carbons (Fsp3) is 0.370. The zero-order valence-corrected chi connectivity index (χ0v) is 23.0. The Morgan fingerprint density at radius 3 is 1.78 bits per heavy atom. The minimum Gasteiger partial charge on any atom is -0.493 e. The molecular formula is C27H33N3O6S. The zero-order chi connectivity index (χ0) is 26.7. The van der Waals surface area contributed by atoms with Gasteiger partial charge in [-0.05, 0) is 71.9 Å². The van der Waals surface area contributed by atoms with E-state index >= 15 is 0 Å². The molecule has 0 aromatic heterocycles. The van der Waals surface area contributed by atoms with E-state index in [1.807, 2.05) is 24.3 Å². The van der Waals surface area contributed by atoms with Crippen molar-refractivity contribution in [1.82, 2.24) is 15.5 Å². The van der Waals surface area contributed by atoms with Crippen molar-refractivity contribution < 1.29 is 28.4 Å². The van der Waals surface area contributed by atoms with Crippen LogP contribution in [0.4, 0.5) is 0 Å². The number of rotatable bonds is 8. The van der Waals surface area contributed by atoms with E-state index in [-0.39, 0.29) is 6.04 Å². The van der Waals surface area contributed by atoms with Crippen LogP contribution in [0.25, 0.3) is 6.08 Å². The molecule has 4 rings (SSSR count). The molecule has 0 aliphatic carbocycles. The van der Waals surface area contributed by atoms with Crippen LogP contribution < -0.4 is 39.1 Å². The van der Waals surface area contributed by atoms with Gasteiger partial charge in [0.05, 0.1) is 48.7 Å². The lowest BCUT2D eigenvalue weighted by Crippen LogP contribution is -2.49. The summed E-state index contributed by atoms with van der Waals surface area (Å²) in [4.78, 5) is 2.26. The molecule has 37 heavy (non-hydrogen) atoms. The van der Waals surface area contributed by atoms with E-state index in [9.17, 15) is 0 Å². The molecule has 2 aliphatic heterocycles. The molecule has 2 aliphatic rings.